The van der Waals surface area contributed by atoms with Crippen LogP contribution in [0.2, 0.25) is 0 Å². The van der Waals surface area contributed by atoms with E-state index in [1.54, 1.807) is 6.20 Å². The first-order valence-corrected chi connectivity index (χ1v) is 7.65. The van der Waals surface area contributed by atoms with E-state index in [9.17, 15) is 4.79 Å². The Labute approximate surface area is 130 Å². The van der Waals surface area contributed by atoms with Crippen molar-refractivity contribution in [2.75, 3.05) is 6.54 Å². The molecule has 0 atom stereocenters. The highest BCUT2D eigenvalue weighted by molar-refractivity contribution is 9.10. The Morgan fingerprint density at radius 2 is 2.10 bits per heavy atom. The van der Waals surface area contributed by atoms with Crippen LogP contribution in [0.5, 0.6) is 0 Å². The van der Waals surface area contributed by atoms with Gasteiger partial charge in [0.05, 0.1) is 0 Å². The molecule has 0 radical (unpaired) electrons. The summed E-state index contributed by atoms with van der Waals surface area (Å²) < 4.78 is 3.32. The minimum Gasteiger partial charge on any atom is -0.346 e. The number of nitrogens with one attached hydrogen (secondary N) is 2. The van der Waals surface area contributed by atoms with E-state index >= 15 is 0 Å². The number of aromatic nitrogens is 2. The van der Waals surface area contributed by atoms with E-state index in [1.165, 1.54) is 10.9 Å². The van der Waals surface area contributed by atoms with Crippen molar-refractivity contribution in [3.63, 3.8) is 0 Å². The van der Waals surface area contributed by atoms with Crippen molar-refractivity contribution < 1.29 is 0 Å². The first-order chi connectivity index (χ1) is 10.3. The van der Waals surface area contributed by atoms with Crippen LogP contribution in [-0.2, 0) is 13.1 Å². The first-order valence-electron chi connectivity index (χ1n) is 6.86. The molecule has 0 saturated heterocycles. The van der Waals surface area contributed by atoms with Gasteiger partial charge in [-0.05, 0) is 24.3 Å². The highest BCUT2D eigenvalue weighted by atomic mass is 79.9. The van der Waals surface area contributed by atoms with Crippen LogP contribution in [0.15, 0.2) is 58.1 Å². The van der Waals surface area contributed by atoms with Crippen LogP contribution in [0, 0.1) is 0 Å². The number of fused-ring (bicyclic) bond motifs is 1. The first kappa shape index (κ1) is 14.1. The van der Waals surface area contributed by atoms with E-state index in [0.717, 1.165) is 23.1 Å². The molecule has 4 nitrogen and oxygen atoms in total. The molecule has 2 aromatic heterocycles. The van der Waals surface area contributed by atoms with Crippen LogP contribution in [-0.4, -0.2) is 16.1 Å². The highest BCUT2D eigenvalue weighted by Crippen LogP contribution is 2.24. The molecule has 0 spiro atoms. The molecule has 0 fully saturated rings. The fourth-order valence-corrected chi connectivity index (χ4v) is 2.89. The summed E-state index contributed by atoms with van der Waals surface area (Å²) in [6, 6.07) is 12.0. The van der Waals surface area contributed by atoms with E-state index in [0.29, 0.717) is 6.54 Å². The van der Waals surface area contributed by atoms with Gasteiger partial charge in [0.1, 0.15) is 0 Å². The summed E-state index contributed by atoms with van der Waals surface area (Å²) in [6.07, 6.45) is 3.74. The summed E-state index contributed by atoms with van der Waals surface area (Å²) in [7, 11) is 0. The molecule has 3 aromatic rings. The SMILES string of the molecule is O=c1[nH]cccc1CNCCn1ccc2c(Br)cccc21. The van der Waals surface area contributed by atoms with Crippen LogP contribution < -0.4 is 10.9 Å². The molecule has 3 rings (SSSR count). The molecule has 2 heterocycles. The lowest BCUT2D eigenvalue weighted by molar-refractivity contribution is 0.607. The number of nitrogens with zero attached hydrogens (tertiary/aromatic N) is 1. The molecule has 2 N–H and O–H groups in total. The van der Waals surface area contributed by atoms with Crippen molar-refractivity contribution in [3.8, 4) is 0 Å². The molecule has 0 saturated carbocycles. The average Bonchev–Trinajstić information content (AvgIpc) is 2.90. The maximum atomic E-state index is 11.5. The third kappa shape index (κ3) is 3.09. The van der Waals surface area contributed by atoms with Crippen molar-refractivity contribution in [1.82, 2.24) is 14.9 Å². The zero-order valence-electron chi connectivity index (χ0n) is 11.5. The fraction of sp³-hybridized carbons (Fsp3) is 0.188. The van der Waals surface area contributed by atoms with Gasteiger partial charge in [-0.25, -0.2) is 0 Å². The van der Waals surface area contributed by atoms with Crippen molar-refractivity contribution in [1.29, 1.82) is 0 Å². The Hall–Kier alpha value is -1.85. The predicted molar refractivity (Wildman–Crippen MR) is 88.4 cm³/mol. The van der Waals surface area contributed by atoms with E-state index in [4.69, 9.17) is 0 Å². The van der Waals surface area contributed by atoms with Gasteiger partial charge in [0.25, 0.3) is 5.56 Å². The van der Waals surface area contributed by atoms with E-state index < -0.39 is 0 Å². The van der Waals surface area contributed by atoms with Crippen LogP contribution >= 0.6 is 15.9 Å². The molecule has 0 aliphatic heterocycles. The number of pyridine rings is 1. The summed E-state index contributed by atoms with van der Waals surface area (Å²) >= 11 is 3.56. The molecular weight excluding hydrogens is 330 g/mol. The fourth-order valence-electron chi connectivity index (χ4n) is 2.40. The van der Waals surface area contributed by atoms with Gasteiger partial charge in [-0.1, -0.05) is 28.1 Å². The molecule has 108 valence electrons. The number of halogens is 1. The van der Waals surface area contributed by atoms with Crippen LogP contribution in [0.3, 0.4) is 0 Å². The van der Waals surface area contributed by atoms with Gasteiger partial charge in [-0.3, -0.25) is 4.79 Å². The molecule has 0 amide bonds. The van der Waals surface area contributed by atoms with Gasteiger partial charge in [-0.2, -0.15) is 0 Å². The Morgan fingerprint density at radius 3 is 2.95 bits per heavy atom. The van der Waals surface area contributed by atoms with Gasteiger partial charge in [0, 0.05) is 53.0 Å². The van der Waals surface area contributed by atoms with Crippen molar-refractivity contribution >= 4 is 26.8 Å². The Balaban J connectivity index is 1.61. The summed E-state index contributed by atoms with van der Waals surface area (Å²) in [5, 5.41) is 4.53. The Bertz CT molecular complexity index is 806. The largest absolute Gasteiger partial charge is 0.346 e. The van der Waals surface area contributed by atoms with Crippen molar-refractivity contribution in [3.05, 3.63) is 69.2 Å². The molecule has 5 heteroatoms. The molecule has 0 unspecified atom stereocenters. The zero-order chi connectivity index (χ0) is 14.7. The van der Waals surface area contributed by atoms with E-state index in [-0.39, 0.29) is 5.56 Å². The Kier molecular flexibility index (Phi) is 4.22. The normalized spacial score (nSPS) is 11.1. The highest BCUT2D eigenvalue weighted by Gasteiger charge is 2.03. The second-order valence-corrected chi connectivity index (χ2v) is 5.74. The quantitative estimate of drug-likeness (QED) is 0.698. The number of benzene rings is 1. The molecule has 0 aliphatic carbocycles. The van der Waals surface area contributed by atoms with Crippen LogP contribution in [0.25, 0.3) is 10.9 Å². The van der Waals surface area contributed by atoms with Gasteiger partial charge in [0.2, 0.25) is 0 Å². The monoisotopic (exact) mass is 345 g/mol. The molecule has 0 aliphatic rings. The summed E-state index contributed by atoms with van der Waals surface area (Å²) in [6.45, 7) is 2.26. The van der Waals surface area contributed by atoms with Gasteiger partial charge < -0.3 is 14.9 Å². The van der Waals surface area contributed by atoms with Gasteiger partial charge >= 0.3 is 0 Å². The average molecular weight is 346 g/mol. The second-order valence-electron chi connectivity index (χ2n) is 4.88. The smallest absolute Gasteiger partial charge is 0.252 e. The molecule has 21 heavy (non-hydrogen) atoms. The minimum atomic E-state index is -0.0275. The maximum Gasteiger partial charge on any atom is 0.252 e. The van der Waals surface area contributed by atoms with E-state index in [1.807, 2.05) is 24.3 Å². The van der Waals surface area contributed by atoms with Crippen molar-refractivity contribution in [2.24, 2.45) is 0 Å². The maximum absolute atomic E-state index is 11.5. The number of hydrogen-bond donors (Lipinski definition) is 2. The number of aromatic amines is 1. The lowest BCUT2D eigenvalue weighted by Gasteiger charge is -2.07. The minimum absolute atomic E-state index is 0.0275. The predicted octanol–water partition coefficient (Wildman–Crippen LogP) is 2.88. The molecular formula is C16H16BrN3O. The van der Waals surface area contributed by atoms with E-state index in [2.05, 4.69) is 49.1 Å². The third-order valence-corrected chi connectivity index (χ3v) is 4.20. The summed E-state index contributed by atoms with van der Waals surface area (Å²) in [4.78, 5) is 14.2. The van der Waals surface area contributed by atoms with Gasteiger partial charge in [-0.15, -0.1) is 0 Å². The summed E-state index contributed by atoms with van der Waals surface area (Å²) in [5.41, 5.74) is 1.95. The summed E-state index contributed by atoms with van der Waals surface area (Å²) in [5.74, 6) is 0. The second kappa shape index (κ2) is 6.28. The number of rotatable bonds is 5. The Morgan fingerprint density at radius 1 is 1.19 bits per heavy atom. The zero-order valence-corrected chi connectivity index (χ0v) is 13.1. The lowest BCUT2D eigenvalue weighted by atomic mass is 10.2. The standard InChI is InChI=1S/C16H16BrN3O/c17-14-4-1-5-15-13(14)6-9-20(15)10-8-18-11-12-3-2-7-19-16(12)21/h1-7,9,18H,8,10-11H2,(H,19,21). The topological polar surface area (TPSA) is 49.8 Å². The van der Waals surface area contributed by atoms with Crippen LogP contribution in [0.4, 0.5) is 0 Å². The molecule has 0 bridgehead atoms. The molecule has 1 aromatic carbocycles. The van der Waals surface area contributed by atoms with Crippen LogP contribution in [0.1, 0.15) is 5.56 Å². The lowest BCUT2D eigenvalue weighted by Crippen LogP contribution is -2.23. The number of hydrogen-bond acceptors (Lipinski definition) is 2. The number of H-pyrrole nitrogens is 1. The third-order valence-electron chi connectivity index (χ3n) is 3.51. The van der Waals surface area contributed by atoms with Gasteiger partial charge in [0.15, 0.2) is 0 Å². The van der Waals surface area contributed by atoms with Crippen molar-refractivity contribution in [2.45, 2.75) is 13.1 Å².